The van der Waals surface area contributed by atoms with Crippen molar-refractivity contribution in [2.75, 3.05) is 11.9 Å². The highest BCUT2D eigenvalue weighted by molar-refractivity contribution is 6.42. The van der Waals surface area contributed by atoms with Crippen LogP contribution in [0.2, 0.25) is 15.1 Å². The summed E-state index contributed by atoms with van der Waals surface area (Å²) in [5.74, 6) is -0.365. The van der Waals surface area contributed by atoms with E-state index in [1.165, 1.54) is 12.1 Å². The van der Waals surface area contributed by atoms with Gasteiger partial charge in [-0.05, 0) is 12.1 Å². The Hall–Kier alpha value is -0.480. The Balaban J connectivity index is 3.02. The lowest BCUT2D eigenvalue weighted by Crippen LogP contribution is -2.22. The normalized spacial score (nSPS) is 10.0. The fourth-order valence-electron chi connectivity index (χ4n) is 0.852. The zero-order valence-corrected chi connectivity index (χ0v) is 9.25. The van der Waals surface area contributed by atoms with Gasteiger partial charge in [0.2, 0.25) is 5.91 Å². The predicted octanol–water partition coefficient (Wildman–Crippen LogP) is 2.54. The molecule has 0 radical (unpaired) electrons. The van der Waals surface area contributed by atoms with Crippen LogP contribution in [0.3, 0.4) is 0 Å². The largest absolute Gasteiger partial charge is 0.322 e. The zero-order chi connectivity index (χ0) is 10.7. The maximum Gasteiger partial charge on any atom is 0.238 e. The first kappa shape index (κ1) is 11.6. The van der Waals surface area contributed by atoms with Crippen LogP contribution in [0, 0.1) is 0 Å². The smallest absolute Gasteiger partial charge is 0.238 e. The molecule has 0 heterocycles. The van der Waals surface area contributed by atoms with Crippen molar-refractivity contribution in [2.45, 2.75) is 0 Å². The summed E-state index contributed by atoms with van der Waals surface area (Å²) in [5, 5.41) is 3.44. The molecule has 76 valence electrons. The van der Waals surface area contributed by atoms with Crippen molar-refractivity contribution in [3.63, 3.8) is 0 Å². The Morgan fingerprint density at radius 1 is 1.29 bits per heavy atom. The molecule has 0 saturated heterocycles. The molecule has 0 aromatic heterocycles. The van der Waals surface area contributed by atoms with Crippen molar-refractivity contribution in [3.8, 4) is 0 Å². The Kier molecular flexibility index (Phi) is 4.01. The zero-order valence-electron chi connectivity index (χ0n) is 6.98. The lowest BCUT2D eigenvalue weighted by molar-refractivity contribution is -0.114. The SMILES string of the molecule is NCC(=O)Nc1c(Cl)cc(Cl)cc1Cl. The fraction of sp³-hybridized carbons (Fsp3) is 0.125. The second kappa shape index (κ2) is 4.84. The van der Waals surface area contributed by atoms with E-state index in [1.54, 1.807) is 0 Å². The molecule has 3 N–H and O–H groups in total. The second-order valence-corrected chi connectivity index (χ2v) is 3.75. The van der Waals surface area contributed by atoms with Crippen LogP contribution >= 0.6 is 34.8 Å². The monoisotopic (exact) mass is 252 g/mol. The summed E-state index contributed by atoms with van der Waals surface area (Å²) < 4.78 is 0. The summed E-state index contributed by atoms with van der Waals surface area (Å²) in [6, 6.07) is 2.97. The first-order valence-corrected chi connectivity index (χ1v) is 4.82. The highest BCUT2D eigenvalue weighted by Gasteiger charge is 2.09. The molecule has 0 aliphatic carbocycles. The summed E-state index contributed by atoms with van der Waals surface area (Å²) in [6.45, 7) is -0.130. The Morgan fingerprint density at radius 3 is 2.21 bits per heavy atom. The first-order valence-electron chi connectivity index (χ1n) is 3.69. The summed E-state index contributed by atoms with van der Waals surface area (Å²) in [5.41, 5.74) is 5.45. The molecule has 0 fully saturated rings. The molecule has 0 spiro atoms. The van der Waals surface area contributed by atoms with Gasteiger partial charge in [-0.25, -0.2) is 0 Å². The number of nitrogens with one attached hydrogen (secondary N) is 1. The Morgan fingerprint density at radius 2 is 1.79 bits per heavy atom. The van der Waals surface area contributed by atoms with E-state index in [-0.39, 0.29) is 22.5 Å². The lowest BCUT2D eigenvalue weighted by Gasteiger charge is -2.08. The maximum absolute atomic E-state index is 11.0. The van der Waals surface area contributed by atoms with E-state index < -0.39 is 0 Å². The van der Waals surface area contributed by atoms with Gasteiger partial charge in [0.1, 0.15) is 0 Å². The minimum Gasteiger partial charge on any atom is -0.322 e. The number of amides is 1. The number of benzene rings is 1. The van der Waals surface area contributed by atoms with Crippen LogP contribution in [0.25, 0.3) is 0 Å². The molecule has 1 aromatic rings. The van der Waals surface area contributed by atoms with Crippen molar-refractivity contribution < 1.29 is 4.79 Å². The summed E-state index contributed by atoms with van der Waals surface area (Å²) in [6.07, 6.45) is 0. The number of carbonyl (C=O) groups is 1. The average molecular weight is 254 g/mol. The van der Waals surface area contributed by atoms with Crippen molar-refractivity contribution in [3.05, 3.63) is 27.2 Å². The standard InChI is InChI=1S/C8H7Cl3N2O/c9-4-1-5(10)8(6(11)2-4)13-7(14)3-12/h1-2H,3,12H2,(H,13,14). The molecule has 1 aromatic carbocycles. The summed E-state index contributed by atoms with van der Waals surface area (Å²) in [7, 11) is 0. The van der Waals surface area contributed by atoms with Gasteiger partial charge in [0.15, 0.2) is 0 Å². The molecule has 0 aliphatic heterocycles. The minimum absolute atomic E-state index is 0.130. The molecule has 1 rings (SSSR count). The van der Waals surface area contributed by atoms with Crippen LogP contribution in [0.5, 0.6) is 0 Å². The van der Waals surface area contributed by atoms with Crippen molar-refractivity contribution in [2.24, 2.45) is 5.73 Å². The Labute approximate surface area is 96.1 Å². The number of hydrogen-bond acceptors (Lipinski definition) is 2. The van der Waals surface area contributed by atoms with Crippen LogP contribution in [0.4, 0.5) is 5.69 Å². The molecule has 0 unspecified atom stereocenters. The van der Waals surface area contributed by atoms with E-state index in [4.69, 9.17) is 40.5 Å². The van der Waals surface area contributed by atoms with Crippen molar-refractivity contribution in [1.82, 2.24) is 0 Å². The molecule has 0 bridgehead atoms. The van der Waals surface area contributed by atoms with E-state index in [2.05, 4.69) is 5.32 Å². The molecule has 3 nitrogen and oxygen atoms in total. The average Bonchev–Trinajstić information content (AvgIpc) is 2.10. The molecular weight excluding hydrogens is 246 g/mol. The fourth-order valence-corrected chi connectivity index (χ4v) is 1.76. The topological polar surface area (TPSA) is 55.1 Å². The molecule has 6 heteroatoms. The van der Waals surface area contributed by atoms with Crippen LogP contribution in [-0.4, -0.2) is 12.5 Å². The highest BCUT2D eigenvalue weighted by Crippen LogP contribution is 2.33. The van der Waals surface area contributed by atoms with Gasteiger partial charge in [0.25, 0.3) is 0 Å². The van der Waals surface area contributed by atoms with E-state index in [0.717, 1.165) is 0 Å². The van der Waals surface area contributed by atoms with Gasteiger partial charge in [0, 0.05) is 5.02 Å². The first-order chi connectivity index (χ1) is 6.54. The van der Waals surface area contributed by atoms with Crippen LogP contribution in [-0.2, 0) is 4.79 Å². The van der Waals surface area contributed by atoms with Gasteiger partial charge < -0.3 is 11.1 Å². The van der Waals surface area contributed by atoms with E-state index in [9.17, 15) is 4.79 Å². The van der Waals surface area contributed by atoms with Gasteiger partial charge in [-0.3, -0.25) is 4.79 Å². The van der Waals surface area contributed by atoms with Gasteiger partial charge in [0.05, 0.1) is 22.3 Å². The third-order valence-electron chi connectivity index (χ3n) is 1.46. The van der Waals surface area contributed by atoms with E-state index in [0.29, 0.717) is 10.7 Å². The van der Waals surface area contributed by atoms with E-state index in [1.807, 2.05) is 0 Å². The second-order valence-electron chi connectivity index (χ2n) is 2.50. The molecule has 0 atom stereocenters. The molecule has 14 heavy (non-hydrogen) atoms. The van der Waals surface area contributed by atoms with Gasteiger partial charge >= 0.3 is 0 Å². The van der Waals surface area contributed by atoms with Crippen LogP contribution in [0.15, 0.2) is 12.1 Å². The van der Waals surface area contributed by atoms with Gasteiger partial charge in [-0.2, -0.15) is 0 Å². The molecule has 1 amide bonds. The number of hydrogen-bond donors (Lipinski definition) is 2. The summed E-state index contributed by atoms with van der Waals surface area (Å²) >= 11 is 17.3. The summed E-state index contributed by atoms with van der Waals surface area (Å²) in [4.78, 5) is 11.0. The highest BCUT2D eigenvalue weighted by atomic mass is 35.5. The number of anilines is 1. The maximum atomic E-state index is 11.0. The third kappa shape index (κ3) is 2.75. The molecule has 0 saturated carbocycles. The van der Waals surface area contributed by atoms with Gasteiger partial charge in [-0.15, -0.1) is 0 Å². The van der Waals surface area contributed by atoms with Crippen molar-refractivity contribution in [1.29, 1.82) is 0 Å². The lowest BCUT2D eigenvalue weighted by atomic mass is 10.3. The predicted molar refractivity (Wildman–Crippen MR) is 59.2 cm³/mol. The number of carbonyl (C=O) groups excluding carboxylic acids is 1. The van der Waals surface area contributed by atoms with E-state index >= 15 is 0 Å². The quantitative estimate of drug-likeness (QED) is 0.851. The number of rotatable bonds is 2. The molecule has 0 aliphatic rings. The van der Waals surface area contributed by atoms with Crippen LogP contribution in [0.1, 0.15) is 0 Å². The van der Waals surface area contributed by atoms with Gasteiger partial charge in [-0.1, -0.05) is 34.8 Å². The molecular formula is C8H7Cl3N2O. The minimum atomic E-state index is -0.365. The van der Waals surface area contributed by atoms with Crippen LogP contribution < -0.4 is 11.1 Å². The Bertz CT molecular complexity index is 345. The third-order valence-corrected chi connectivity index (χ3v) is 2.27. The number of halogens is 3. The van der Waals surface area contributed by atoms with Crippen molar-refractivity contribution >= 4 is 46.4 Å². The number of nitrogens with two attached hydrogens (primary N) is 1.